The Bertz CT molecular complexity index is 446. The van der Waals surface area contributed by atoms with E-state index < -0.39 is 14.8 Å². The maximum absolute atomic E-state index is 12.2. The van der Waals surface area contributed by atoms with Crippen LogP contribution in [0.4, 0.5) is 0 Å². The van der Waals surface area contributed by atoms with Crippen LogP contribution in [-0.2, 0) is 10.4 Å². The Morgan fingerprint density at radius 2 is 1.58 bits per heavy atom. The summed E-state index contributed by atoms with van der Waals surface area (Å²) in [4.78, 5) is 12.2. The molecule has 0 unspecified atom stereocenters. The van der Waals surface area contributed by atoms with Gasteiger partial charge >= 0.3 is 0 Å². The van der Waals surface area contributed by atoms with Crippen LogP contribution < -0.4 is 0 Å². The fraction of sp³-hybridized carbons (Fsp3) is 0.500. The summed E-state index contributed by atoms with van der Waals surface area (Å²) in [7, 11) is 0. The van der Waals surface area contributed by atoms with Gasteiger partial charge in [-0.2, -0.15) is 0 Å². The number of carbonyl (C=O) groups is 1. The van der Waals surface area contributed by atoms with E-state index in [1.54, 1.807) is 51.1 Å². The molecule has 0 bridgehead atoms. The summed E-state index contributed by atoms with van der Waals surface area (Å²) < 4.78 is -1.99. The van der Waals surface area contributed by atoms with Gasteiger partial charge in [0.05, 0.1) is 0 Å². The van der Waals surface area contributed by atoms with Gasteiger partial charge < -0.3 is 5.11 Å². The molecule has 2 nitrogen and oxygen atoms in total. The van der Waals surface area contributed by atoms with Crippen molar-refractivity contribution in [2.45, 2.75) is 36.6 Å². The molecule has 0 aromatic heterocycles. The minimum absolute atomic E-state index is 0.176. The van der Waals surface area contributed by atoms with E-state index in [1.165, 1.54) is 0 Å². The molecule has 1 aromatic rings. The molecule has 0 amide bonds. The number of hydrogen-bond donors (Lipinski definition) is 1. The topological polar surface area (TPSA) is 37.3 Å². The molecule has 1 N–H and O–H groups in total. The van der Waals surface area contributed by atoms with Crippen LogP contribution in [0, 0.1) is 5.41 Å². The van der Waals surface area contributed by atoms with Crippen LogP contribution in [0.1, 0.15) is 32.8 Å². The van der Waals surface area contributed by atoms with Crippen LogP contribution in [0.3, 0.4) is 0 Å². The first-order chi connectivity index (χ1) is 8.48. The average molecular weight is 324 g/mol. The van der Waals surface area contributed by atoms with Crippen LogP contribution in [0.15, 0.2) is 30.3 Å². The predicted molar refractivity (Wildman–Crippen MR) is 79.7 cm³/mol. The highest BCUT2D eigenvalue weighted by Crippen LogP contribution is 2.48. The van der Waals surface area contributed by atoms with E-state index in [1.807, 2.05) is 0 Å². The Balaban J connectivity index is 3.21. The highest BCUT2D eigenvalue weighted by molar-refractivity contribution is 6.68. The molecule has 0 saturated carbocycles. The lowest BCUT2D eigenvalue weighted by molar-refractivity contribution is -0.131. The largest absolute Gasteiger partial charge is 0.380 e. The number of alkyl halides is 3. The Hall–Kier alpha value is -0.280. The number of rotatable bonds is 3. The Morgan fingerprint density at radius 1 is 1.11 bits per heavy atom. The van der Waals surface area contributed by atoms with Crippen LogP contribution in [0.2, 0.25) is 0 Å². The van der Waals surface area contributed by atoms with Crippen molar-refractivity contribution in [1.29, 1.82) is 0 Å². The van der Waals surface area contributed by atoms with Gasteiger partial charge in [0.2, 0.25) is 3.79 Å². The second kappa shape index (κ2) is 5.61. The predicted octanol–water partition coefficient (Wildman–Crippen LogP) is 4.25. The summed E-state index contributed by atoms with van der Waals surface area (Å²) in [6, 6.07) is 8.50. The number of aliphatic hydroxyl groups is 1. The van der Waals surface area contributed by atoms with Gasteiger partial charge in [-0.05, 0) is 5.56 Å². The molecule has 1 aromatic carbocycles. The van der Waals surface area contributed by atoms with Crippen molar-refractivity contribution >= 4 is 40.6 Å². The maximum Gasteiger partial charge on any atom is 0.223 e. The van der Waals surface area contributed by atoms with E-state index in [4.69, 9.17) is 34.8 Å². The first-order valence-corrected chi connectivity index (χ1v) is 7.00. The third-order valence-electron chi connectivity index (χ3n) is 2.97. The van der Waals surface area contributed by atoms with E-state index in [2.05, 4.69) is 0 Å². The molecule has 19 heavy (non-hydrogen) atoms. The van der Waals surface area contributed by atoms with Crippen molar-refractivity contribution in [2.75, 3.05) is 0 Å². The van der Waals surface area contributed by atoms with Crippen LogP contribution in [0.5, 0.6) is 0 Å². The van der Waals surface area contributed by atoms with E-state index >= 15 is 0 Å². The number of hydrogen-bond acceptors (Lipinski definition) is 2. The molecular weight excluding hydrogens is 307 g/mol. The highest BCUT2D eigenvalue weighted by Gasteiger charge is 2.50. The van der Waals surface area contributed by atoms with E-state index in [0.717, 1.165) is 0 Å². The van der Waals surface area contributed by atoms with Crippen LogP contribution in [-0.4, -0.2) is 14.7 Å². The molecule has 0 aliphatic heterocycles. The molecule has 1 rings (SSSR count). The average Bonchev–Trinajstić information content (AvgIpc) is 2.27. The highest BCUT2D eigenvalue weighted by atomic mass is 35.6. The Labute approximate surface area is 128 Å². The van der Waals surface area contributed by atoms with Gasteiger partial charge in [-0.15, -0.1) is 0 Å². The molecule has 0 radical (unpaired) electrons. The van der Waals surface area contributed by atoms with Crippen molar-refractivity contribution in [3.63, 3.8) is 0 Å². The van der Waals surface area contributed by atoms with Crippen LogP contribution >= 0.6 is 34.8 Å². The number of halogens is 3. The van der Waals surface area contributed by atoms with Crippen molar-refractivity contribution in [3.05, 3.63) is 35.9 Å². The lowest BCUT2D eigenvalue weighted by atomic mass is 9.81. The minimum Gasteiger partial charge on any atom is -0.380 e. The molecule has 0 aliphatic rings. The number of benzene rings is 1. The maximum atomic E-state index is 12.2. The molecule has 106 valence electrons. The summed E-state index contributed by atoms with van der Waals surface area (Å²) in [5, 5.41) is 10.7. The number of ketones is 1. The van der Waals surface area contributed by atoms with Gasteiger partial charge in [0.15, 0.2) is 0 Å². The summed E-state index contributed by atoms with van der Waals surface area (Å²) in [5.74, 6) is -0.176. The zero-order valence-corrected chi connectivity index (χ0v) is 13.4. The molecule has 0 spiro atoms. The van der Waals surface area contributed by atoms with Gasteiger partial charge in [0, 0.05) is 11.8 Å². The number of Topliss-reactive ketones (excluding diaryl/α,β-unsaturated/α-hetero) is 1. The molecule has 0 aliphatic carbocycles. The SMILES string of the molecule is CC(C)(C)C(=O)C[C@](O)(c1ccccc1)C(Cl)(Cl)Cl. The van der Waals surface area contributed by atoms with Gasteiger partial charge in [0.25, 0.3) is 0 Å². The summed E-state index contributed by atoms with van der Waals surface area (Å²) in [6.45, 7) is 5.29. The molecule has 5 heteroatoms. The Morgan fingerprint density at radius 3 is 1.95 bits per heavy atom. The lowest BCUT2D eigenvalue weighted by Gasteiger charge is -2.36. The second-order valence-electron chi connectivity index (χ2n) is 5.57. The van der Waals surface area contributed by atoms with Crippen molar-refractivity contribution in [1.82, 2.24) is 0 Å². The van der Waals surface area contributed by atoms with Crippen molar-refractivity contribution in [3.8, 4) is 0 Å². The monoisotopic (exact) mass is 322 g/mol. The standard InChI is InChI=1S/C14H17Cl3O2/c1-12(2,3)11(18)9-13(19,14(15,16)17)10-7-5-4-6-8-10/h4-8,19H,9H2,1-3H3/t13-/m0/s1. The van der Waals surface area contributed by atoms with Gasteiger partial charge in [-0.3, -0.25) is 4.79 Å². The third-order valence-corrected chi connectivity index (χ3v) is 3.91. The fourth-order valence-corrected chi connectivity index (χ4v) is 2.11. The molecule has 1 atom stereocenters. The third kappa shape index (κ3) is 3.85. The zero-order chi connectivity index (χ0) is 14.9. The summed E-state index contributed by atoms with van der Waals surface area (Å²) in [5.41, 5.74) is -2.05. The van der Waals surface area contributed by atoms with E-state index in [-0.39, 0.29) is 12.2 Å². The summed E-state index contributed by atoms with van der Waals surface area (Å²) >= 11 is 17.7. The smallest absolute Gasteiger partial charge is 0.223 e. The Kier molecular flexibility index (Phi) is 4.95. The normalized spacial score (nSPS) is 15.9. The minimum atomic E-state index is -1.99. The first-order valence-electron chi connectivity index (χ1n) is 5.86. The van der Waals surface area contributed by atoms with E-state index in [9.17, 15) is 9.90 Å². The fourth-order valence-electron chi connectivity index (χ4n) is 1.58. The molecular formula is C14H17Cl3O2. The van der Waals surface area contributed by atoms with Crippen molar-refractivity contribution < 1.29 is 9.90 Å². The zero-order valence-electron chi connectivity index (χ0n) is 11.1. The lowest BCUT2D eigenvalue weighted by Crippen LogP contribution is -2.43. The van der Waals surface area contributed by atoms with E-state index in [0.29, 0.717) is 5.56 Å². The molecule has 0 saturated heterocycles. The van der Waals surface area contributed by atoms with Gasteiger partial charge in [-0.25, -0.2) is 0 Å². The molecule has 0 heterocycles. The van der Waals surface area contributed by atoms with Crippen LogP contribution in [0.25, 0.3) is 0 Å². The second-order valence-corrected chi connectivity index (χ2v) is 7.86. The van der Waals surface area contributed by atoms with Crippen molar-refractivity contribution in [2.24, 2.45) is 5.41 Å². The first kappa shape index (κ1) is 16.8. The quantitative estimate of drug-likeness (QED) is 0.844. The van der Waals surface area contributed by atoms with Gasteiger partial charge in [0.1, 0.15) is 11.4 Å². The van der Waals surface area contributed by atoms with Gasteiger partial charge in [-0.1, -0.05) is 85.9 Å². The summed E-state index contributed by atoms with van der Waals surface area (Å²) in [6.07, 6.45) is -0.253. The molecule has 0 fully saturated rings. The number of carbonyl (C=O) groups excluding carboxylic acids is 1.